The Morgan fingerprint density at radius 3 is 2.80 bits per heavy atom. The van der Waals surface area contributed by atoms with Crippen LogP contribution < -0.4 is 5.32 Å². The molecule has 0 radical (unpaired) electrons. The molecule has 5 nitrogen and oxygen atoms in total. The number of nitrogens with one attached hydrogen (secondary N) is 1. The number of rotatable bonds is 4. The van der Waals surface area contributed by atoms with Crippen molar-refractivity contribution in [1.82, 2.24) is 9.78 Å². The second-order valence-electron chi connectivity index (χ2n) is 2.59. The maximum atomic E-state index is 10.9. The van der Waals surface area contributed by atoms with E-state index in [0.29, 0.717) is 18.8 Å². The van der Waals surface area contributed by atoms with Crippen LogP contribution in [0, 0.1) is 0 Å². The first-order chi connectivity index (χ1) is 7.26. The van der Waals surface area contributed by atoms with Crippen LogP contribution in [0.3, 0.4) is 0 Å². The van der Waals surface area contributed by atoms with Gasteiger partial charge in [0.25, 0.3) is 0 Å². The van der Waals surface area contributed by atoms with Gasteiger partial charge >= 0.3 is 0 Å². The highest BCUT2D eigenvalue weighted by atomic mass is 16.3. The summed E-state index contributed by atoms with van der Waals surface area (Å²) in [6.07, 6.45) is 2.15. The van der Waals surface area contributed by atoms with E-state index in [0.717, 1.165) is 0 Å². The van der Waals surface area contributed by atoms with E-state index >= 15 is 0 Å². The molecule has 5 heteroatoms. The van der Waals surface area contributed by atoms with Crippen LogP contribution in [-0.2, 0) is 11.3 Å². The van der Waals surface area contributed by atoms with Crippen molar-refractivity contribution in [3.8, 4) is 0 Å². The number of hydrogen-bond acceptors (Lipinski definition) is 3. The Morgan fingerprint density at radius 2 is 2.27 bits per heavy atom. The summed E-state index contributed by atoms with van der Waals surface area (Å²) in [7, 11) is 0. The summed E-state index contributed by atoms with van der Waals surface area (Å²) in [6, 6.07) is 1.70. The molecule has 0 aliphatic carbocycles. The van der Waals surface area contributed by atoms with Gasteiger partial charge in [-0.1, -0.05) is 20.8 Å². The average Bonchev–Trinajstić information content (AvgIpc) is 2.69. The highest BCUT2D eigenvalue weighted by Gasteiger charge is 2.01. The quantitative estimate of drug-likeness (QED) is 0.791. The molecule has 0 spiro atoms. The highest BCUT2D eigenvalue weighted by molar-refractivity contribution is 5.89. The number of aliphatic hydroxyl groups is 1. The molecule has 1 heterocycles. The van der Waals surface area contributed by atoms with Crippen molar-refractivity contribution in [2.45, 2.75) is 33.7 Å². The number of carbonyl (C=O) groups excluding carboxylic acids is 1. The van der Waals surface area contributed by atoms with E-state index in [4.69, 9.17) is 5.11 Å². The van der Waals surface area contributed by atoms with Crippen LogP contribution in [-0.4, -0.2) is 27.4 Å². The van der Waals surface area contributed by atoms with Crippen molar-refractivity contribution in [2.24, 2.45) is 0 Å². The first-order valence-corrected chi connectivity index (χ1v) is 5.20. The van der Waals surface area contributed by atoms with Gasteiger partial charge in [-0.2, -0.15) is 5.10 Å². The zero-order valence-electron chi connectivity index (χ0n) is 9.53. The predicted octanol–water partition coefficient (Wildman–Crippen LogP) is 1.25. The summed E-state index contributed by atoms with van der Waals surface area (Å²) in [5, 5.41) is 15.2. The summed E-state index contributed by atoms with van der Waals surface area (Å²) in [5.74, 6) is 0.467. The molecule has 1 amide bonds. The summed E-state index contributed by atoms with van der Waals surface area (Å²) < 4.78 is 1.57. The van der Waals surface area contributed by atoms with Crippen molar-refractivity contribution in [3.05, 3.63) is 12.3 Å². The van der Waals surface area contributed by atoms with Crippen LogP contribution in [0.2, 0.25) is 0 Å². The van der Waals surface area contributed by atoms with Crippen molar-refractivity contribution < 1.29 is 9.90 Å². The topological polar surface area (TPSA) is 67.2 Å². The molecule has 1 rings (SSSR count). The number of hydrogen-bond donors (Lipinski definition) is 2. The van der Waals surface area contributed by atoms with E-state index in [1.807, 2.05) is 13.8 Å². The first kappa shape index (κ1) is 13.6. The number of aromatic nitrogens is 2. The highest BCUT2D eigenvalue weighted by Crippen LogP contribution is 2.02. The van der Waals surface area contributed by atoms with E-state index in [9.17, 15) is 4.79 Å². The fraction of sp³-hybridized carbons (Fsp3) is 0.600. The lowest BCUT2D eigenvalue weighted by Gasteiger charge is -1.98. The van der Waals surface area contributed by atoms with E-state index in [1.165, 1.54) is 0 Å². The predicted molar refractivity (Wildman–Crippen MR) is 59.6 cm³/mol. The number of carbonyl (C=O) groups is 1. The van der Waals surface area contributed by atoms with Crippen LogP contribution in [0.5, 0.6) is 0 Å². The number of nitrogens with zero attached hydrogens (tertiary/aromatic N) is 2. The summed E-state index contributed by atoms with van der Waals surface area (Å²) in [4.78, 5) is 10.9. The fourth-order valence-corrected chi connectivity index (χ4v) is 0.887. The fourth-order valence-electron chi connectivity index (χ4n) is 0.887. The summed E-state index contributed by atoms with van der Waals surface area (Å²) in [5.41, 5.74) is 0. The maximum Gasteiger partial charge on any atom is 0.225 e. The largest absolute Gasteiger partial charge is 0.394 e. The lowest BCUT2D eigenvalue weighted by Crippen LogP contribution is -2.11. The molecule has 0 aliphatic heterocycles. The van der Waals surface area contributed by atoms with Crippen molar-refractivity contribution in [3.63, 3.8) is 0 Å². The third-order valence-electron chi connectivity index (χ3n) is 1.56. The van der Waals surface area contributed by atoms with Gasteiger partial charge in [-0.15, -0.1) is 0 Å². The number of aliphatic hydroxyl groups excluding tert-OH is 1. The SMILES string of the molecule is CC.CCC(=O)Nc1ccn(CCO)n1. The molecule has 2 N–H and O–H groups in total. The van der Waals surface area contributed by atoms with Gasteiger partial charge in [-0.25, -0.2) is 0 Å². The van der Waals surface area contributed by atoms with E-state index < -0.39 is 0 Å². The zero-order valence-corrected chi connectivity index (χ0v) is 9.53. The second kappa shape index (κ2) is 7.99. The van der Waals surface area contributed by atoms with Gasteiger partial charge in [-0.05, 0) is 0 Å². The Kier molecular flexibility index (Phi) is 7.27. The summed E-state index contributed by atoms with van der Waals surface area (Å²) >= 11 is 0. The zero-order chi connectivity index (χ0) is 11.7. The third kappa shape index (κ3) is 5.17. The molecule has 0 atom stereocenters. The Morgan fingerprint density at radius 1 is 1.60 bits per heavy atom. The monoisotopic (exact) mass is 213 g/mol. The van der Waals surface area contributed by atoms with Gasteiger partial charge in [0, 0.05) is 18.7 Å². The Balaban J connectivity index is 0.000000921. The smallest absolute Gasteiger partial charge is 0.225 e. The van der Waals surface area contributed by atoms with Gasteiger partial charge < -0.3 is 10.4 Å². The van der Waals surface area contributed by atoms with Crippen molar-refractivity contribution in [1.29, 1.82) is 0 Å². The number of anilines is 1. The van der Waals surface area contributed by atoms with Gasteiger partial charge in [0.15, 0.2) is 5.82 Å². The van der Waals surface area contributed by atoms with E-state index in [-0.39, 0.29) is 12.5 Å². The number of amides is 1. The van der Waals surface area contributed by atoms with Crippen LogP contribution in [0.4, 0.5) is 5.82 Å². The minimum Gasteiger partial charge on any atom is -0.394 e. The van der Waals surface area contributed by atoms with Crippen LogP contribution in [0.25, 0.3) is 0 Å². The Bertz CT molecular complexity index is 284. The lowest BCUT2D eigenvalue weighted by molar-refractivity contribution is -0.115. The van der Waals surface area contributed by atoms with Crippen LogP contribution in [0.15, 0.2) is 12.3 Å². The lowest BCUT2D eigenvalue weighted by atomic mass is 10.4. The molecule has 0 saturated carbocycles. The van der Waals surface area contributed by atoms with Crippen LogP contribution in [0.1, 0.15) is 27.2 Å². The molecule has 0 saturated heterocycles. The second-order valence-corrected chi connectivity index (χ2v) is 2.59. The first-order valence-electron chi connectivity index (χ1n) is 5.20. The third-order valence-corrected chi connectivity index (χ3v) is 1.56. The standard InChI is InChI=1S/C8H13N3O2.C2H6/c1-2-8(13)9-7-3-4-11(10-7)5-6-12;1-2/h3-4,12H,2,5-6H2,1H3,(H,9,10,13);1-2H3. The summed E-state index contributed by atoms with van der Waals surface area (Å²) in [6.45, 7) is 6.27. The van der Waals surface area contributed by atoms with Crippen molar-refractivity contribution in [2.75, 3.05) is 11.9 Å². The molecule has 1 aromatic rings. The molecule has 15 heavy (non-hydrogen) atoms. The van der Waals surface area contributed by atoms with Gasteiger partial charge in [0.1, 0.15) is 0 Å². The average molecular weight is 213 g/mol. The van der Waals surface area contributed by atoms with Gasteiger partial charge in [-0.3, -0.25) is 9.48 Å². The Labute approximate surface area is 90.1 Å². The van der Waals surface area contributed by atoms with Gasteiger partial charge in [0.05, 0.1) is 13.2 Å². The molecule has 86 valence electrons. The molecular weight excluding hydrogens is 194 g/mol. The van der Waals surface area contributed by atoms with E-state index in [1.54, 1.807) is 23.9 Å². The molecule has 0 bridgehead atoms. The van der Waals surface area contributed by atoms with Gasteiger partial charge in [0.2, 0.25) is 5.91 Å². The molecule has 0 unspecified atom stereocenters. The van der Waals surface area contributed by atoms with Crippen LogP contribution >= 0.6 is 0 Å². The van der Waals surface area contributed by atoms with E-state index in [2.05, 4.69) is 10.4 Å². The molecule has 0 aromatic carbocycles. The molecule has 0 fully saturated rings. The maximum absolute atomic E-state index is 10.9. The van der Waals surface area contributed by atoms with Crippen molar-refractivity contribution >= 4 is 11.7 Å². The normalized spacial score (nSPS) is 9.07. The minimum absolute atomic E-state index is 0.0445. The molecular formula is C10H19N3O2. The molecule has 0 aliphatic rings. The molecule has 1 aromatic heterocycles. The Hall–Kier alpha value is -1.36. The minimum atomic E-state index is -0.0609.